The van der Waals surface area contributed by atoms with Gasteiger partial charge >= 0.3 is 17.1 Å². The van der Waals surface area contributed by atoms with Gasteiger partial charge in [-0.1, -0.05) is 32.6 Å². The molecule has 1 aromatic heterocycles. The van der Waals surface area contributed by atoms with Crippen molar-refractivity contribution in [2.24, 2.45) is 0 Å². The summed E-state index contributed by atoms with van der Waals surface area (Å²) in [5, 5.41) is 0. The zero-order valence-electron chi connectivity index (χ0n) is 9.41. The average molecular weight is 227 g/mol. The zero-order chi connectivity index (χ0) is 12.0. The summed E-state index contributed by atoms with van der Waals surface area (Å²) in [4.78, 5) is 37.3. The molecular weight excluding hydrogens is 210 g/mol. The van der Waals surface area contributed by atoms with Crippen molar-refractivity contribution in [2.75, 3.05) is 0 Å². The fourth-order valence-electron chi connectivity index (χ4n) is 1.53. The lowest BCUT2D eigenvalue weighted by Crippen LogP contribution is -2.43. The highest BCUT2D eigenvalue weighted by Crippen LogP contribution is 2.02. The molecule has 6 nitrogen and oxygen atoms in total. The Labute approximate surface area is 92.3 Å². The van der Waals surface area contributed by atoms with Gasteiger partial charge in [0.05, 0.1) is 0 Å². The zero-order valence-corrected chi connectivity index (χ0v) is 9.41. The molecule has 0 saturated carbocycles. The van der Waals surface area contributed by atoms with Crippen LogP contribution in [0.1, 0.15) is 39.0 Å². The second-order valence-electron chi connectivity index (χ2n) is 3.76. The first-order valence-corrected chi connectivity index (χ1v) is 5.58. The molecule has 0 unspecified atom stereocenters. The Hall–Kier alpha value is -1.59. The van der Waals surface area contributed by atoms with Crippen molar-refractivity contribution in [2.45, 2.75) is 45.6 Å². The van der Waals surface area contributed by atoms with E-state index in [-0.39, 0.29) is 0 Å². The minimum atomic E-state index is -0.753. The van der Waals surface area contributed by atoms with E-state index in [1.807, 2.05) is 9.97 Å². The number of aromatic nitrogens is 3. The van der Waals surface area contributed by atoms with Crippen LogP contribution >= 0.6 is 0 Å². The van der Waals surface area contributed by atoms with Crippen LogP contribution in [-0.2, 0) is 6.54 Å². The third kappa shape index (κ3) is 3.52. The SMILES string of the molecule is CCCCCCCn1c(=O)[nH]c(=O)[nH]c1=O. The number of rotatable bonds is 6. The molecule has 1 rings (SSSR count). The number of H-pyrrole nitrogens is 2. The number of aromatic amines is 2. The van der Waals surface area contributed by atoms with Crippen LogP contribution in [0.15, 0.2) is 14.4 Å². The molecule has 0 radical (unpaired) electrons. The molecule has 0 aliphatic rings. The Balaban J connectivity index is 2.58. The van der Waals surface area contributed by atoms with Gasteiger partial charge in [0.2, 0.25) is 0 Å². The lowest BCUT2D eigenvalue weighted by Gasteiger charge is -2.02. The molecule has 0 bridgehead atoms. The topological polar surface area (TPSA) is 87.7 Å². The molecule has 0 atom stereocenters. The van der Waals surface area contributed by atoms with Crippen LogP contribution in [-0.4, -0.2) is 14.5 Å². The van der Waals surface area contributed by atoms with E-state index in [0.717, 1.165) is 36.7 Å². The van der Waals surface area contributed by atoms with Gasteiger partial charge in [0.15, 0.2) is 0 Å². The summed E-state index contributed by atoms with van der Waals surface area (Å²) in [5.41, 5.74) is -2.02. The van der Waals surface area contributed by atoms with Crippen LogP contribution in [0.2, 0.25) is 0 Å². The Morgan fingerprint density at radius 1 is 0.938 bits per heavy atom. The molecule has 2 N–H and O–H groups in total. The predicted octanol–water partition coefficient (Wildman–Crippen LogP) is 0.195. The first-order valence-electron chi connectivity index (χ1n) is 5.58. The minimum absolute atomic E-state index is 0.356. The largest absolute Gasteiger partial charge is 0.333 e. The van der Waals surface area contributed by atoms with Crippen LogP contribution < -0.4 is 17.1 Å². The van der Waals surface area contributed by atoms with Gasteiger partial charge in [0, 0.05) is 6.54 Å². The first kappa shape index (κ1) is 12.5. The number of hydrogen-bond donors (Lipinski definition) is 2. The molecule has 0 aliphatic heterocycles. The number of nitrogens with zero attached hydrogens (tertiary/aromatic N) is 1. The number of unbranched alkanes of at least 4 members (excludes halogenated alkanes) is 4. The van der Waals surface area contributed by atoms with Crippen LogP contribution in [0, 0.1) is 0 Å². The van der Waals surface area contributed by atoms with E-state index < -0.39 is 17.1 Å². The predicted molar refractivity (Wildman–Crippen MR) is 60.7 cm³/mol. The van der Waals surface area contributed by atoms with Crippen LogP contribution in [0.4, 0.5) is 0 Å². The summed E-state index contributed by atoms with van der Waals surface area (Å²) in [7, 11) is 0. The second kappa shape index (κ2) is 6.09. The van der Waals surface area contributed by atoms with Gasteiger partial charge in [-0.15, -0.1) is 0 Å². The van der Waals surface area contributed by atoms with Crippen molar-refractivity contribution in [3.05, 3.63) is 31.5 Å². The molecule has 6 heteroatoms. The molecule has 1 heterocycles. The van der Waals surface area contributed by atoms with Gasteiger partial charge in [-0.05, 0) is 6.42 Å². The second-order valence-corrected chi connectivity index (χ2v) is 3.76. The van der Waals surface area contributed by atoms with Crippen molar-refractivity contribution >= 4 is 0 Å². The molecule has 0 fully saturated rings. The fraction of sp³-hybridized carbons (Fsp3) is 0.700. The van der Waals surface area contributed by atoms with Crippen LogP contribution in [0.25, 0.3) is 0 Å². The monoisotopic (exact) mass is 227 g/mol. The Morgan fingerprint density at radius 2 is 1.50 bits per heavy atom. The lowest BCUT2D eigenvalue weighted by atomic mass is 10.1. The fourth-order valence-corrected chi connectivity index (χ4v) is 1.53. The first-order chi connectivity index (χ1) is 7.65. The molecule has 0 spiro atoms. The Bertz CT molecular complexity index is 449. The van der Waals surface area contributed by atoms with Crippen molar-refractivity contribution in [1.29, 1.82) is 0 Å². The quantitative estimate of drug-likeness (QED) is 0.680. The van der Waals surface area contributed by atoms with E-state index >= 15 is 0 Å². The normalized spacial score (nSPS) is 10.6. The number of hydrogen-bond acceptors (Lipinski definition) is 3. The van der Waals surface area contributed by atoms with E-state index in [1.165, 1.54) is 0 Å². The van der Waals surface area contributed by atoms with Gasteiger partial charge in [-0.3, -0.25) is 9.97 Å². The molecule has 0 aliphatic carbocycles. The van der Waals surface area contributed by atoms with Crippen molar-refractivity contribution < 1.29 is 0 Å². The standard InChI is InChI=1S/C10H17N3O3/c1-2-3-4-5-6-7-13-9(15)11-8(14)12-10(13)16/h2-7H2,1H3,(H2,11,12,14,15,16). The average Bonchev–Trinajstić information content (AvgIpc) is 2.20. The highest BCUT2D eigenvalue weighted by molar-refractivity contribution is 4.68. The third-order valence-electron chi connectivity index (χ3n) is 2.42. The van der Waals surface area contributed by atoms with Crippen molar-refractivity contribution in [1.82, 2.24) is 14.5 Å². The molecule has 0 aromatic carbocycles. The molecule has 1 aromatic rings. The van der Waals surface area contributed by atoms with Crippen molar-refractivity contribution in [3.63, 3.8) is 0 Å². The van der Waals surface area contributed by atoms with Gasteiger partial charge in [0.1, 0.15) is 0 Å². The molecule has 90 valence electrons. The smallest absolute Gasteiger partial charge is 0.259 e. The molecule has 0 amide bonds. The number of nitrogens with one attached hydrogen (secondary N) is 2. The van der Waals surface area contributed by atoms with Gasteiger partial charge in [-0.25, -0.2) is 19.0 Å². The van der Waals surface area contributed by atoms with E-state index in [4.69, 9.17) is 0 Å². The van der Waals surface area contributed by atoms with Crippen LogP contribution in [0.5, 0.6) is 0 Å². The minimum Gasteiger partial charge on any atom is -0.259 e. The Morgan fingerprint density at radius 3 is 2.06 bits per heavy atom. The van der Waals surface area contributed by atoms with Crippen molar-refractivity contribution in [3.8, 4) is 0 Å². The molecule has 0 saturated heterocycles. The van der Waals surface area contributed by atoms with Gasteiger partial charge in [0.25, 0.3) is 0 Å². The Kier molecular flexibility index (Phi) is 4.75. The van der Waals surface area contributed by atoms with E-state index in [2.05, 4.69) is 6.92 Å². The summed E-state index contributed by atoms with van der Waals surface area (Å²) in [6.45, 7) is 2.48. The van der Waals surface area contributed by atoms with E-state index in [9.17, 15) is 14.4 Å². The third-order valence-corrected chi connectivity index (χ3v) is 2.42. The highest BCUT2D eigenvalue weighted by atomic mass is 16.2. The van der Waals surface area contributed by atoms with Gasteiger partial charge in [-0.2, -0.15) is 0 Å². The van der Waals surface area contributed by atoms with E-state index in [1.54, 1.807) is 0 Å². The lowest BCUT2D eigenvalue weighted by molar-refractivity contribution is 0.527. The highest BCUT2D eigenvalue weighted by Gasteiger charge is 2.01. The summed E-state index contributed by atoms with van der Waals surface area (Å²) in [5.74, 6) is 0. The van der Waals surface area contributed by atoms with Gasteiger partial charge < -0.3 is 0 Å². The molecule has 16 heavy (non-hydrogen) atoms. The van der Waals surface area contributed by atoms with E-state index in [0.29, 0.717) is 6.54 Å². The summed E-state index contributed by atoms with van der Waals surface area (Å²) in [6, 6.07) is 0. The maximum absolute atomic E-state index is 11.3. The van der Waals surface area contributed by atoms with Crippen LogP contribution in [0.3, 0.4) is 0 Å². The summed E-state index contributed by atoms with van der Waals surface area (Å²) >= 11 is 0. The molecular formula is C10H17N3O3. The summed E-state index contributed by atoms with van der Waals surface area (Å²) in [6.07, 6.45) is 5.18. The maximum Gasteiger partial charge on any atom is 0.333 e. The maximum atomic E-state index is 11.3. The summed E-state index contributed by atoms with van der Waals surface area (Å²) < 4.78 is 1.02.